The van der Waals surface area contributed by atoms with Crippen molar-refractivity contribution in [2.45, 2.75) is 6.04 Å². The second kappa shape index (κ2) is 8.07. The Balaban J connectivity index is 1.23. The van der Waals surface area contributed by atoms with Gasteiger partial charge < -0.3 is 9.64 Å². The van der Waals surface area contributed by atoms with Gasteiger partial charge >= 0.3 is 0 Å². The summed E-state index contributed by atoms with van der Waals surface area (Å²) in [5.41, 5.74) is 4.68. The van der Waals surface area contributed by atoms with E-state index in [1.807, 2.05) is 94.6 Å². The summed E-state index contributed by atoms with van der Waals surface area (Å²) in [6.07, 6.45) is 1.95. The second-order valence-electron chi connectivity index (χ2n) is 7.62. The van der Waals surface area contributed by atoms with Gasteiger partial charge in [-0.2, -0.15) is 0 Å². The molecule has 2 heterocycles. The van der Waals surface area contributed by atoms with E-state index in [1.165, 1.54) is 0 Å². The standard InChI is InChI=1S/C25H22N4O2/c1-31-23-9-5-8-21(14-23)18-10-12-20(13-11-18)25(30)28-15-22(16-28)29-17-24(26-27-29)19-6-3-2-4-7-19/h2-14,17,22H,15-16H2,1H3. The molecule has 1 aromatic heterocycles. The number of benzene rings is 3. The Kier molecular flexibility index (Phi) is 4.96. The van der Waals surface area contributed by atoms with Gasteiger partial charge in [-0.05, 0) is 35.4 Å². The molecule has 0 atom stereocenters. The van der Waals surface area contributed by atoms with Crippen molar-refractivity contribution in [2.75, 3.05) is 20.2 Å². The quantitative estimate of drug-likeness (QED) is 0.492. The lowest BCUT2D eigenvalue weighted by Crippen LogP contribution is -2.50. The molecular formula is C25H22N4O2. The molecule has 1 saturated heterocycles. The third-order valence-corrected chi connectivity index (χ3v) is 5.64. The van der Waals surface area contributed by atoms with Crippen LogP contribution in [-0.4, -0.2) is 46.0 Å². The van der Waals surface area contributed by atoms with Gasteiger partial charge in [0.05, 0.1) is 19.3 Å². The Morgan fingerprint density at radius 2 is 1.65 bits per heavy atom. The third-order valence-electron chi connectivity index (χ3n) is 5.64. The van der Waals surface area contributed by atoms with Crippen LogP contribution in [-0.2, 0) is 0 Å². The number of nitrogens with zero attached hydrogens (tertiary/aromatic N) is 4. The Morgan fingerprint density at radius 3 is 2.39 bits per heavy atom. The monoisotopic (exact) mass is 410 g/mol. The predicted molar refractivity (Wildman–Crippen MR) is 119 cm³/mol. The van der Waals surface area contributed by atoms with Crippen molar-refractivity contribution in [3.05, 3.63) is 90.6 Å². The molecule has 6 heteroatoms. The number of ether oxygens (including phenoxy) is 1. The molecule has 154 valence electrons. The molecule has 1 aliphatic rings. The van der Waals surface area contributed by atoms with Gasteiger partial charge in [0.15, 0.2) is 0 Å². The number of carbonyl (C=O) groups excluding carboxylic acids is 1. The summed E-state index contributed by atoms with van der Waals surface area (Å²) < 4.78 is 7.15. The number of amides is 1. The molecule has 0 saturated carbocycles. The zero-order valence-electron chi connectivity index (χ0n) is 17.2. The lowest BCUT2D eigenvalue weighted by Gasteiger charge is -2.38. The summed E-state index contributed by atoms with van der Waals surface area (Å²) in [6.45, 7) is 1.27. The fourth-order valence-electron chi connectivity index (χ4n) is 3.78. The molecule has 0 aliphatic carbocycles. The van der Waals surface area contributed by atoms with Crippen molar-refractivity contribution >= 4 is 5.91 Å². The summed E-state index contributed by atoms with van der Waals surface area (Å²) in [4.78, 5) is 14.7. The van der Waals surface area contributed by atoms with Crippen molar-refractivity contribution in [1.29, 1.82) is 0 Å². The van der Waals surface area contributed by atoms with Gasteiger partial charge in [-0.15, -0.1) is 5.10 Å². The molecule has 1 amide bonds. The van der Waals surface area contributed by atoms with Crippen LogP contribution in [0.3, 0.4) is 0 Å². The molecule has 0 bridgehead atoms. The number of hydrogen-bond acceptors (Lipinski definition) is 4. The first-order valence-corrected chi connectivity index (χ1v) is 10.2. The molecule has 5 rings (SSSR count). The lowest BCUT2D eigenvalue weighted by molar-refractivity contribution is 0.0498. The lowest BCUT2D eigenvalue weighted by atomic mass is 10.0. The normalized spacial score (nSPS) is 13.6. The van der Waals surface area contributed by atoms with Crippen molar-refractivity contribution < 1.29 is 9.53 Å². The van der Waals surface area contributed by atoms with Crippen LogP contribution in [0.5, 0.6) is 5.75 Å². The molecule has 0 radical (unpaired) electrons. The second-order valence-corrected chi connectivity index (χ2v) is 7.62. The highest BCUT2D eigenvalue weighted by molar-refractivity contribution is 5.95. The van der Waals surface area contributed by atoms with E-state index in [-0.39, 0.29) is 11.9 Å². The van der Waals surface area contributed by atoms with Crippen LogP contribution < -0.4 is 4.74 Å². The van der Waals surface area contributed by atoms with Crippen LogP contribution in [0.4, 0.5) is 0 Å². The first-order valence-electron chi connectivity index (χ1n) is 10.2. The van der Waals surface area contributed by atoms with Crippen molar-refractivity contribution in [1.82, 2.24) is 19.9 Å². The van der Waals surface area contributed by atoms with Gasteiger partial charge in [-0.25, -0.2) is 4.68 Å². The highest BCUT2D eigenvalue weighted by Crippen LogP contribution is 2.27. The van der Waals surface area contributed by atoms with Crippen LogP contribution in [0.25, 0.3) is 22.4 Å². The summed E-state index contributed by atoms with van der Waals surface area (Å²) >= 11 is 0. The van der Waals surface area contributed by atoms with Crippen LogP contribution in [0.15, 0.2) is 85.1 Å². The van der Waals surface area contributed by atoms with Gasteiger partial charge in [0, 0.05) is 24.2 Å². The maximum absolute atomic E-state index is 12.8. The fourth-order valence-corrected chi connectivity index (χ4v) is 3.78. The van der Waals surface area contributed by atoms with Crippen LogP contribution in [0.1, 0.15) is 16.4 Å². The average Bonchev–Trinajstić information content (AvgIpc) is 3.28. The number of carbonyl (C=O) groups is 1. The first kappa shape index (κ1) is 19.1. The average molecular weight is 410 g/mol. The van der Waals surface area contributed by atoms with E-state index < -0.39 is 0 Å². The smallest absolute Gasteiger partial charge is 0.253 e. The highest BCUT2D eigenvalue weighted by Gasteiger charge is 2.33. The molecule has 31 heavy (non-hydrogen) atoms. The van der Waals surface area contributed by atoms with E-state index in [4.69, 9.17) is 4.74 Å². The van der Waals surface area contributed by atoms with Crippen molar-refractivity contribution in [3.63, 3.8) is 0 Å². The molecule has 4 aromatic rings. The Hall–Kier alpha value is -3.93. The maximum atomic E-state index is 12.8. The minimum atomic E-state index is 0.0387. The topological polar surface area (TPSA) is 60.2 Å². The summed E-state index contributed by atoms with van der Waals surface area (Å²) in [7, 11) is 1.66. The van der Waals surface area contributed by atoms with Crippen LogP contribution in [0.2, 0.25) is 0 Å². The zero-order chi connectivity index (χ0) is 21.2. The molecule has 0 spiro atoms. The molecule has 6 nitrogen and oxygen atoms in total. The Morgan fingerprint density at radius 1 is 0.903 bits per heavy atom. The summed E-state index contributed by atoms with van der Waals surface area (Å²) in [5.74, 6) is 0.852. The maximum Gasteiger partial charge on any atom is 0.253 e. The zero-order valence-corrected chi connectivity index (χ0v) is 17.2. The molecule has 0 unspecified atom stereocenters. The number of rotatable bonds is 5. The third kappa shape index (κ3) is 3.80. The minimum Gasteiger partial charge on any atom is -0.497 e. The van der Waals surface area contributed by atoms with E-state index in [2.05, 4.69) is 10.3 Å². The van der Waals surface area contributed by atoms with Gasteiger partial charge in [0.25, 0.3) is 5.91 Å². The van der Waals surface area contributed by atoms with Crippen LogP contribution >= 0.6 is 0 Å². The first-order chi connectivity index (χ1) is 15.2. The SMILES string of the molecule is COc1cccc(-c2ccc(C(=O)N3CC(n4cc(-c5ccccc5)nn4)C3)cc2)c1. The van der Waals surface area contributed by atoms with Gasteiger partial charge in [-0.3, -0.25) is 4.79 Å². The molecule has 1 fully saturated rings. The molecule has 3 aromatic carbocycles. The fraction of sp³-hybridized carbons (Fsp3) is 0.160. The summed E-state index contributed by atoms with van der Waals surface area (Å²) in [5, 5.41) is 8.53. The van der Waals surface area contributed by atoms with Gasteiger partial charge in [0.1, 0.15) is 11.4 Å². The van der Waals surface area contributed by atoms with Crippen molar-refractivity contribution in [3.8, 4) is 28.1 Å². The Bertz CT molecular complexity index is 1200. The van der Waals surface area contributed by atoms with Crippen LogP contribution in [0, 0.1) is 0 Å². The van der Waals surface area contributed by atoms with Gasteiger partial charge in [-0.1, -0.05) is 59.8 Å². The van der Waals surface area contributed by atoms with E-state index in [0.717, 1.165) is 28.1 Å². The predicted octanol–water partition coefficient (Wildman–Crippen LogP) is 4.32. The number of likely N-dealkylation sites (tertiary alicyclic amines) is 1. The van der Waals surface area contributed by atoms with Gasteiger partial charge in [0.2, 0.25) is 0 Å². The summed E-state index contributed by atoms with van der Waals surface area (Å²) in [6, 6.07) is 25.7. The van der Waals surface area contributed by atoms with Crippen molar-refractivity contribution in [2.24, 2.45) is 0 Å². The minimum absolute atomic E-state index is 0.0387. The molecule has 0 N–H and O–H groups in total. The molecule has 1 aliphatic heterocycles. The highest BCUT2D eigenvalue weighted by atomic mass is 16.5. The van der Waals surface area contributed by atoms with E-state index in [0.29, 0.717) is 18.7 Å². The van der Waals surface area contributed by atoms with E-state index in [9.17, 15) is 4.79 Å². The Labute approximate surface area is 180 Å². The number of methoxy groups -OCH3 is 1. The molecular weight excluding hydrogens is 388 g/mol. The van der Waals surface area contributed by atoms with E-state index >= 15 is 0 Å². The number of hydrogen-bond donors (Lipinski definition) is 0. The van der Waals surface area contributed by atoms with E-state index in [1.54, 1.807) is 7.11 Å². The number of aromatic nitrogens is 3. The largest absolute Gasteiger partial charge is 0.497 e.